The van der Waals surface area contributed by atoms with Gasteiger partial charge >= 0.3 is 6.09 Å². The molecule has 0 aliphatic carbocycles. The molecule has 0 bridgehead atoms. The number of hydrogen-bond donors (Lipinski definition) is 0. The average molecular weight is 227 g/mol. The first-order valence-corrected chi connectivity index (χ1v) is 3.50. The van der Waals surface area contributed by atoms with E-state index in [9.17, 15) is 4.79 Å². The summed E-state index contributed by atoms with van der Waals surface area (Å²) in [5, 5.41) is 0. The van der Waals surface area contributed by atoms with Crippen LogP contribution in [-0.2, 0) is 4.74 Å². The van der Waals surface area contributed by atoms with Gasteiger partial charge in [0, 0.05) is 7.05 Å². The Kier molecular flexibility index (Phi) is 1.59. The number of alkyl halides is 1. The Hall–Kier alpha value is 0. The second-order valence-electron chi connectivity index (χ2n) is 1.67. The number of rotatable bonds is 0. The first-order valence-electron chi connectivity index (χ1n) is 2.26. The summed E-state index contributed by atoms with van der Waals surface area (Å²) >= 11 is 2.08. The van der Waals surface area contributed by atoms with Crippen molar-refractivity contribution in [1.82, 2.24) is 4.90 Å². The lowest BCUT2D eigenvalue weighted by Gasteiger charge is -1.98. The molecule has 1 aliphatic heterocycles. The van der Waals surface area contributed by atoms with E-state index in [1.807, 2.05) is 0 Å². The summed E-state index contributed by atoms with van der Waals surface area (Å²) in [6, 6.07) is 0. The second-order valence-corrected chi connectivity index (χ2v) is 3.06. The number of cyclic esters (lactones) is 1. The molecule has 0 N–H and O–H groups in total. The van der Waals surface area contributed by atoms with E-state index in [-0.39, 0.29) is 10.2 Å². The molecular weight excluding hydrogens is 221 g/mol. The molecule has 4 heteroatoms. The van der Waals surface area contributed by atoms with E-state index >= 15 is 0 Å². The van der Waals surface area contributed by atoms with Gasteiger partial charge in [0.25, 0.3) is 0 Å². The molecule has 0 spiro atoms. The molecule has 1 rings (SSSR count). The molecule has 1 unspecified atom stereocenters. The van der Waals surface area contributed by atoms with Crippen LogP contribution in [0.4, 0.5) is 4.79 Å². The fraction of sp³-hybridized carbons (Fsp3) is 0.750. The largest absolute Gasteiger partial charge is 0.433 e. The van der Waals surface area contributed by atoms with Crippen LogP contribution >= 0.6 is 22.6 Å². The molecule has 8 heavy (non-hydrogen) atoms. The number of likely N-dealkylation sites (N-methyl/N-ethyl adjacent to an activating group) is 1. The van der Waals surface area contributed by atoms with Crippen LogP contribution in [0, 0.1) is 0 Å². The van der Waals surface area contributed by atoms with Crippen molar-refractivity contribution in [2.45, 2.75) is 4.11 Å². The molecule has 1 heterocycles. The zero-order valence-corrected chi connectivity index (χ0v) is 6.58. The van der Waals surface area contributed by atoms with Crippen molar-refractivity contribution >= 4 is 28.7 Å². The highest BCUT2D eigenvalue weighted by molar-refractivity contribution is 14.1. The number of ether oxygens (including phenoxy) is 1. The first-order chi connectivity index (χ1) is 3.70. The number of amides is 1. The van der Waals surface area contributed by atoms with Gasteiger partial charge in [0.05, 0.1) is 6.54 Å². The van der Waals surface area contributed by atoms with E-state index in [0.29, 0.717) is 6.54 Å². The van der Waals surface area contributed by atoms with Gasteiger partial charge < -0.3 is 9.64 Å². The van der Waals surface area contributed by atoms with Crippen molar-refractivity contribution in [1.29, 1.82) is 0 Å². The summed E-state index contributed by atoms with van der Waals surface area (Å²) in [7, 11) is 1.72. The number of nitrogens with zero attached hydrogens (tertiary/aromatic N) is 1. The summed E-state index contributed by atoms with van der Waals surface area (Å²) in [6.07, 6.45) is -0.218. The molecule has 0 radical (unpaired) electrons. The van der Waals surface area contributed by atoms with Crippen LogP contribution in [0.3, 0.4) is 0 Å². The number of halogens is 1. The Morgan fingerprint density at radius 3 is 2.75 bits per heavy atom. The van der Waals surface area contributed by atoms with Gasteiger partial charge in [0.15, 0.2) is 4.11 Å². The number of carbonyl (C=O) groups is 1. The van der Waals surface area contributed by atoms with Crippen molar-refractivity contribution in [3.05, 3.63) is 0 Å². The summed E-state index contributed by atoms with van der Waals surface area (Å²) in [5.41, 5.74) is 0. The third kappa shape index (κ3) is 1.04. The topological polar surface area (TPSA) is 29.5 Å². The molecule has 0 aromatic rings. The minimum atomic E-state index is -0.218. The van der Waals surface area contributed by atoms with E-state index in [1.54, 1.807) is 11.9 Å². The normalized spacial score (nSPS) is 28.5. The molecule has 3 nitrogen and oxygen atoms in total. The van der Waals surface area contributed by atoms with E-state index in [4.69, 9.17) is 4.74 Å². The van der Waals surface area contributed by atoms with E-state index in [0.717, 1.165) is 0 Å². The van der Waals surface area contributed by atoms with Gasteiger partial charge in [-0.15, -0.1) is 0 Å². The number of carbonyl (C=O) groups excluding carboxylic acids is 1. The van der Waals surface area contributed by atoms with Gasteiger partial charge in [-0.1, -0.05) is 0 Å². The fourth-order valence-corrected chi connectivity index (χ4v) is 1.33. The maximum atomic E-state index is 10.5. The molecule has 1 atom stereocenters. The highest BCUT2D eigenvalue weighted by Crippen LogP contribution is 2.13. The average Bonchev–Trinajstić information content (AvgIpc) is 1.85. The van der Waals surface area contributed by atoms with Gasteiger partial charge in [-0.3, -0.25) is 0 Å². The highest BCUT2D eigenvalue weighted by Gasteiger charge is 2.24. The Balaban J connectivity index is 2.51. The molecule has 0 saturated carbocycles. The van der Waals surface area contributed by atoms with Gasteiger partial charge in [0.1, 0.15) is 0 Å². The zero-order chi connectivity index (χ0) is 6.15. The lowest BCUT2D eigenvalue weighted by molar-refractivity contribution is 0.160. The molecule has 1 saturated heterocycles. The van der Waals surface area contributed by atoms with E-state index in [1.165, 1.54) is 0 Å². The standard InChI is InChI=1S/C4H6INO2/c1-6-2-3(5)8-4(6)7/h3H,2H2,1H3. The third-order valence-electron chi connectivity index (χ3n) is 0.958. The quantitative estimate of drug-likeness (QED) is 0.453. The third-order valence-corrected chi connectivity index (χ3v) is 1.61. The lowest BCUT2D eigenvalue weighted by Crippen LogP contribution is -2.17. The summed E-state index contributed by atoms with van der Waals surface area (Å²) in [6.45, 7) is 0.708. The van der Waals surface area contributed by atoms with Gasteiger partial charge in [-0.2, -0.15) is 0 Å². The molecule has 0 aromatic carbocycles. The van der Waals surface area contributed by atoms with Crippen LogP contribution in [0.1, 0.15) is 0 Å². The van der Waals surface area contributed by atoms with Crippen molar-refractivity contribution in [3.63, 3.8) is 0 Å². The fourth-order valence-electron chi connectivity index (χ4n) is 0.526. The Morgan fingerprint density at radius 2 is 2.62 bits per heavy atom. The molecule has 1 amide bonds. The highest BCUT2D eigenvalue weighted by atomic mass is 127. The second kappa shape index (κ2) is 2.08. The molecular formula is C4H6INO2. The Labute approximate surface area is 61.1 Å². The maximum Gasteiger partial charge on any atom is 0.410 e. The van der Waals surface area contributed by atoms with Crippen LogP contribution in [0.25, 0.3) is 0 Å². The summed E-state index contributed by atoms with van der Waals surface area (Å²) < 4.78 is 4.79. The number of hydrogen-bond acceptors (Lipinski definition) is 2. The molecule has 0 aromatic heterocycles. The van der Waals surface area contributed by atoms with Crippen molar-refractivity contribution in [3.8, 4) is 0 Å². The molecule has 1 fully saturated rings. The molecule has 46 valence electrons. The van der Waals surface area contributed by atoms with Crippen LogP contribution in [0.15, 0.2) is 0 Å². The smallest absolute Gasteiger partial charge is 0.410 e. The van der Waals surface area contributed by atoms with Gasteiger partial charge in [-0.25, -0.2) is 4.79 Å². The van der Waals surface area contributed by atoms with Gasteiger partial charge in [0.2, 0.25) is 0 Å². The van der Waals surface area contributed by atoms with Gasteiger partial charge in [-0.05, 0) is 22.6 Å². The Bertz CT molecular complexity index is 117. The zero-order valence-electron chi connectivity index (χ0n) is 4.43. The monoisotopic (exact) mass is 227 g/mol. The Morgan fingerprint density at radius 1 is 2.00 bits per heavy atom. The van der Waals surface area contributed by atoms with Crippen molar-refractivity contribution in [2.24, 2.45) is 0 Å². The summed E-state index contributed by atoms with van der Waals surface area (Å²) in [5.74, 6) is 0. The minimum absolute atomic E-state index is 0.0464. The molecule has 1 aliphatic rings. The summed E-state index contributed by atoms with van der Waals surface area (Å²) in [4.78, 5) is 12.0. The maximum absolute atomic E-state index is 10.5. The van der Waals surface area contributed by atoms with Crippen molar-refractivity contribution in [2.75, 3.05) is 13.6 Å². The van der Waals surface area contributed by atoms with Crippen LogP contribution < -0.4 is 0 Å². The van der Waals surface area contributed by atoms with E-state index in [2.05, 4.69) is 22.6 Å². The van der Waals surface area contributed by atoms with Crippen LogP contribution in [0.2, 0.25) is 0 Å². The van der Waals surface area contributed by atoms with E-state index < -0.39 is 0 Å². The predicted octanol–water partition coefficient (Wildman–Crippen LogP) is 0.829. The SMILES string of the molecule is CN1CC(I)OC1=O. The van der Waals surface area contributed by atoms with Crippen LogP contribution in [-0.4, -0.2) is 28.7 Å². The predicted molar refractivity (Wildman–Crippen MR) is 36.9 cm³/mol. The van der Waals surface area contributed by atoms with Crippen LogP contribution in [0.5, 0.6) is 0 Å². The minimum Gasteiger partial charge on any atom is -0.433 e. The van der Waals surface area contributed by atoms with Crippen molar-refractivity contribution < 1.29 is 9.53 Å². The first kappa shape index (κ1) is 6.12. The lowest BCUT2D eigenvalue weighted by atomic mass is 10.7.